The molecule has 0 aliphatic rings. The Morgan fingerprint density at radius 2 is 2.00 bits per heavy atom. The van der Waals surface area contributed by atoms with E-state index in [2.05, 4.69) is 10.2 Å². The summed E-state index contributed by atoms with van der Waals surface area (Å²) in [5.74, 6) is -2.96. The van der Waals surface area contributed by atoms with Gasteiger partial charge in [-0.2, -0.15) is 18.3 Å². The topological polar surface area (TPSA) is 66.0 Å². The largest absolute Gasteiger partial charge is 0.478 e. The predicted molar refractivity (Wildman–Crippen MR) is 55.9 cm³/mol. The van der Waals surface area contributed by atoms with Gasteiger partial charge < -0.3 is 5.11 Å². The Kier molecular flexibility index (Phi) is 3.01. The first-order valence-corrected chi connectivity index (χ1v) is 4.95. The van der Waals surface area contributed by atoms with E-state index in [9.17, 15) is 22.4 Å². The first kappa shape index (κ1) is 13.1. The minimum absolute atomic E-state index is 0.309. The molecule has 2 aromatic rings. The van der Waals surface area contributed by atoms with Crippen molar-refractivity contribution in [1.82, 2.24) is 10.2 Å². The number of hydrogen-bond donors (Lipinski definition) is 2. The van der Waals surface area contributed by atoms with Crippen molar-refractivity contribution < 1.29 is 27.5 Å². The van der Waals surface area contributed by atoms with Crippen LogP contribution in [-0.2, 0) is 6.18 Å². The lowest BCUT2D eigenvalue weighted by Crippen LogP contribution is -2.09. The van der Waals surface area contributed by atoms with Crippen molar-refractivity contribution in [3.05, 3.63) is 41.3 Å². The predicted octanol–water partition coefficient (Wildman–Crippen LogP) is 2.93. The third kappa shape index (κ3) is 2.28. The summed E-state index contributed by atoms with van der Waals surface area (Å²) >= 11 is 0. The van der Waals surface area contributed by atoms with Gasteiger partial charge in [-0.15, -0.1) is 0 Å². The van der Waals surface area contributed by atoms with Gasteiger partial charge in [0.05, 0.1) is 17.5 Å². The highest BCUT2D eigenvalue weighted by atomic mass is 19.4. The molecule has 0 atom stereocenters. The molecule has 2 N–H and O–H groups in total. The summed E-state index contributed by atoms with van der Waals surface area (Å²) in [6.45, 7) is 0. The van der Waals surface area contributed by atoms with Crippen molar-refractivity contribution in [2.75, 3.05) is 0 Å². The standard InChI is InChI=1S/C11H6F4N2O2/c12-8-5(2-1-3-7(8)11(13,14)15)9-6(10(18)19)4-16-17-9/h1-4H,(H,16,17)(H,18,19). The lowest BCUT2D eigenvalue weighted by atomic mass is 10.0. The number of nitrogens with one attached hydrogen (secondary N) is 1. The highest BCUT2D eigenvalue weighted by Crippen LogP contribution is 2.35. The minimum atomic E-state index is -4.86. The molecule has 0 spiro atoms. The van der Waals surface area contributed by atoms with Crippen molar-refractivity contribution in [2.24, 2.45) is 0 Å². The summed E-state index contributed by atoms with van der Waals surface area (Å²) in [7, 11) is 0. The molecule has 0 aliphatic carbocycles. The molecular weight excluding hydrogens is 268 g/mol. The van der Waals surface area contributed by atoms with Crippen LogP contribution in [0.4, 0.5) is 17.6 Å². The maximum atomic E-state index is 13.8. The molecule has 0 saturated carbocycles. The number of carboxylic acids is 1. The monoisotopic (exact) mass is 274 g/mol. The number of carboxylic acid groups (broad SMARTS) is 1. The minimum Gasteiger partial charge on any atom is -0.478 e. The van der Waals surface area contributed by atoms with E-state index >= 15 is 0 Å². The van der Waals surface area contributed by atoms with Crippen molar-refractivity contribution in [3.63, 3.8) is 0 Å². The number of aromatic nitrogens is 2. The van der Waals surface area contributed by atoms with Gasteiger partial charge in [0.25, 0.3) is 0 Å². The molecule has 0 fully saturated rings. The zero-order chi connectivity index (χ0) is 14.2. The average molecular weight is 274 g/mol. The Morgan fingerprint density at radius 1 is 1.32 bits per heavy atom. The SMILES string of the molecule is O=C(O)c1cn[nH]c1-c1cccc(C(F)(F)F)c1F. The van der Waals surface area contributed by atoms with Crippen LogP contribution in [0.15, 0.2) is 24.4 Å². The number of aromatic amines is 1. The third-order valence-corrected chi connectivity index (χ3v) is 2.44. The first-order valence-electron chi connectivity index (χ1n) is 4.95. The van der Waals surface area contributed by atoms with Crippen LogP contribution in [0.5, 0.6) is 0 Å². The van der Waals surface area contributed by atoms with E-state index in [1.807, 2.05) is 0 Å². The highest BCUT2D eigenvalue weighted by molar-refractivity contribution is 5.94. The summed E-state index contributed by atoms with van der Waals surface area (Å²) in [6.07, 6.45) is -3.96. The second kappa shape index (κ2) is 4.38. The van der Waals surface area contributed by atoms with Gasteiger partial charge in [0, 0.05) is 5.56 Å². The van der Waals surface area contributed by atoms with E-state index in [1.54, 1.807) is 0 Å². The normalized spacial score (nSPS) is 11.6. The number of benzene rings is 1. The molecule has 0 radical (unpaired) electrons. The summed E-state index contributed by atoms with van der Waals surface area (Å²) in [5.41, 5.74) is -2.67. The number of rotatable bonds is 2. The number of aromatic carboxylic acids is 1. The van der Waals surface area contributed by atoms with Crippen LogP contribution in [0.25, 0.3) is 11.3 Å². The van der Waals surface area contributed by atoms with Gasteiger partial charge in [0.1, 0.15) is 11.4 Å². The lowest BCUT2D eigenvalue weighted by molar-refractivity contribution is -0.139. The fraction of sp³-hybridized carbons (Fsp3) is 0.0909. The van der Waals surface area contributed by atoms with Crippen LogP contribution in [0.1, 0.15) is 15.9 Å². The Labute approximate surface area is 103 Å². The van der Waals surface area contributed by atoms with Crippen molar-refractivity contribution in [1.29, 1.82) is 0 Å². The zero-order valence-corrected chi connectivity index (χ0v) is 9.12. The Balaban J connectivity index is 2.64. The molecule has 1 heterocycles. The van der Waals surface area contributed by atoms with Crippen LogP contribution >= 0.6 is 0 Å². The van der Waals surface area contributed by atoms with Crippen molar-refractivity contribution in [2.45, 2.75) is 6.18 Å². The van der Waals surface area contributed by atoms with Crippen LogP contribution in [-0.4, -0.2) is 21.3 Å². The van der Waals surface area contributed by atoms with E-state index in [1.165, 1.54) is 0 Å². The van der Waals surface area contributed by atoms with Gasteiger partial charge >= 0.3 is 12.1 Å². The summed E-state index contributed by atoms with van der Waals surface area (Å²) in [4.78, 5) is 10.8. The Hall–Kier alpha value is -2.38. The van der Waals surface area contributed by atoms with Crippen LogP contribution in [0.3, 0.4) is 0 Å². The third-order valence-electron chi connectivity index (χ3n) is 2.44. The van der Waals surface area contributed by atoms with Crippen LogP contribution < -0.4 is 0 Å². The van der Waals surface area contributed by atoms with Gasteiger partial charge in [0.2, 0.25) is 0 Å². The molecule has 0 saturated heterocycles. The van der Waals surface area contributed by atoms with Crippen molar-refractivity contribution in [3.8, 4) is 11.3 Å². The number of H-pyrrole nitrogens is 1. The number of carbonyl (C=O) groups is 1. The van der Waals surface area contributed by atoms with Gasteiger partial charge in [-0.3, -0.25) is 5.10 Å². The van der Waals surface area contributed by atoms with Crippen LogP contribution in [0.2, 0.25) is 0 Å². The number of halogens is 4. The summed E-state index contributed by atoms with van der Waals surface area (Å²) < 4.78 is 51.5. The summed E-state index contributed by atoms with van der Waals surface area (Å²) in [6, 6.07) is 2.62. The fourth-order valence-electron chi connectivity index (χ4n) is 1.60. The molecule has 1 aromatic carbocycles. The molecule has 0 unspecified atom stereocenters. The lowest BCUT2D eigenvalue weighted by Gasteiger charge is -2.10. The van der Waals surface area contributed by atoms with E-state index in [0.717, 1.165) is 18.3 Å². The number of alkyl halides is 3. The first-order chi connectivity index (χ1) is 8.82. The van der Waals surface area contributed by atoms with Gasteiger partial charge in [-0.25, -0.2) is 9.18 Å². The Bertz CT molecular complexity index is 634. The zero-order valence-electron chi connectivity index (χ0n) is 9.12. The fourth-order valence-corrected chi connectivity index (χ4v) is 1.60. The second-order valence-electron chi connectivity index (χ2n) is 3.63. The van der Waals surface area contributed by atoms with E-state index in [-0.39, 0.29) is 5.69 Å². The van der Waals surface area contributed by atoms with Gasteiger partial charge in [-0.05, 0) is 12.1 Å². The smallest absolute Gasteiger partial charge is 0.419 e. The van der Waals surface area contributed by atoms with E-state index < -0.39 is 34.7 Å². The quantitative estimate of drug-likeness (QED) is 0.827. The number of hydrogen-bond acceptors (Lipinski definition) is 2. The molecular formula is C11H6F4N2O2. The molecule has 4 nitrogen and oxygen atoms in total. The summed E-state index contributed by atoms with van der Waals surface area (Å²) in [5, 5.41) is 14.4. The van der Waals surface area contributed by atoms with Crippen LogP contribution in [0, 0.1) is 5.82 Å². The molecule has 8 heteroatoms. The molecule has 0 amide bonds. The Morgan fingerprint density at radius 3 is 2.58 bits per heavy atom. The molecule has 1 aromatic heterocycles. The molecule has 19 heavy (non-hydrogen) atoms. The second-order valence-corrected chi connectivity index (χ2v) is 3.63. The maximum Gasteiger partial charge on any atom is 0.419 e. The van der Waals surface area contributed by atoms with Gasteiger partial charge in [-0.1, -0.05) is 6.07 Å². The highest BCUT2D eigenvalue weighted by Gasteiger charge is 2.35. The molecule has 0 bridgehead atoms. The van der Waals surface area contributed by atoms with Crippen molar-refractivity contribution >= 4 is 5.97 Å². The molecule has 100 valence electrons. The van der Waals surface area contributed by atoms with E-state index in [0.29, 0.717) is 6.07 Å². The number of nitrogens with zero attached hydrogens (tertiary/aromatic N) is 1. The maximum absolute atomic E-state index is 13.8. The van der Waals surface area contributed by atoms with Gasteiger partial charge in [0.15, 0.2) is 0 Å². The van der Waals surface area contributed by atoms with E-state index in [4.69, 9.17) is 5.11 Å². The molecule has 2 rings (SSSR count). The molecule has 0 aliphatic heterocycles. The average Bonchev–Trinajstić information content (AvgIpc) is 2.76.